The Bertz CT molecular complexity index is 404. The number of nitrogens with one attached hydrogen (secondary N) is 1. The lowest BCUT2D eigenvalue weighted by Gasteiger charge is -2.21. The molecule has 0 unspecified atom stereocenters. The van der Waals surface area contributed by atoms with E-state index in [2.05, 4.69) is 5.32 Å². The van der Waals surface area contributed by atoms with Gasteiger partial charge >= 0.3 is 0 Å². The molecule has 0 saturated heterocycles. The molecule has 0 heterocycles. The van der Waals surface area contributed by atoms with Crippen molar-refractivity contribution in [3.05, 3.63) is 35.9 Å². The Morgan fingerprint density at radius 1 is 1.12 bits per heavy atom. The number of ketones is 1. The van der Waals surface area contributed by atoms with E-state index in [4.69, 9.17) is 0 Å². The summed E-state index contributed by atoms with van der Waals surface area (Å²) < 4.78 is 0. The zero-order chi connectivity index (χ0) is 13.1. The lowest BCUT2D eigenvalue weighted by molar-refractivity contribution is -0.128. The molecule has 1 aromatic carbocycles. The molecule has 0 aliphatic carbocycles. The summed E-state index contributed by atoms with van der Waals surface area (Å²) in [6.07, 6.45) is 0. The third-order valence-electron chi connectivity index (χ3n) is 2.48. The molecule has 1 N–H and O–H groups in total. The Morgan fingerprint density at radius 3 is 2.12 bits per heavy atom. The van der Waals surface area contributed by atoms with Crippen molar-refractivity contribution in [2.45, 2.75) is 33.7 Å². The maximum absolute atomic E-state index is 12.0. The third-order valence-corrected chi connectivity index (χ3v) is 2.48. The summed E-state index contributed by atoms with van der Waals surface area (Å²) in [6.45, 7) is 7.17. The fraction of sp³-hybridized carbons (Fsp3) is 0.429. The van der Waals surface area contributed by atoms with E-state index < -0.39 is 11.5 Å². The zero-order valence-corrected chi connectivity index (χ0v) is 10.8. The summed E-state index contributed by atoms with van der Waals surface area (Å²) in [7, 11) is 0. The van der Waals surface area contributed by atoms with Crippen LogP contribution in [-0.4, -0.2) is 17.7 Å². The minimum Gasteiger partial charge on any atom is -0.346 e. The molecule has 17 heavy (non-hydrogen) atoms. The summed E-state index contributed by atoms with van der Waals surface area (Å²) in [4.78, 5) is 23.7. The van der Waals surface area contributed by atoms with Crippen molar-refractivity contribution in [2.24, 2.45) is 5.41 Å². The van der Waals surface area contributed by atoms with Crippen molar-refractivity contribution in [3.63, 3.8) is 0 Å². The molecule has 0 spiro atoms. The maximum atomic E-state index is 12.0. The summed E-state index contributed by atoms with van der Waals surface area (Å²) in [5.41, 5.74) is 0.139. The molecule has 92 valence electrons. The fourth-order valence-electron chi connectivity index (χ4n) is 1.33. The van der Waals surface area contributed by atoms with Crippen molar-refractivity contribution < 1.29 is 9.59 Å². The summed E-state index contributed by atoms with van der Waals surface area (Å²) >= 11 is 0. The summed E-state index contributed by atoms with van der Waals surface area (Å²) in [6, 6.07) is 8.49. The van der Waals surface area contributed by atoms with Gasteiger partial charge in [-0.2, -0.15) is 0 Å². The van der Waals surface area contributed by atoms with Crippen molar-refractivity contribution in [1.82, 2.24) is 5.32 Å². The molecule has 0 aliphatic rings. The molecule has 0 aliphatic heterocycles. The Kier molecular flexibility index (Phi) is 4.05. The van der Waals surface area contributed by atoms with E-state index in [1.54, 1.807) is 19.1 Å². The quantitative estimate of drug-likeness (QED) is 0.815. The largest absolute Gasteiger partial charge is 0.346 e. The molecule has 1 aromatic rings. The van der Waals surface area contributed by atoms with Crippen LogP contribution in [-0.2, 0) is 4.79 Å². The van der Waals surface area contributed by atoms with E-state index in [1.165, 1.54) is 0 Å². The van der Waals surface area contributed by atoms with Crippen LogP contribution in [0.15, 0.2) is 30.3 Å². The van der Waals surface area contributed by atoms with Gasteiger partial charge in [0.05, 0.1) is 6.04 Å². The number of carbonyl (C=O) groups is 2. The van der Waals surface area contributed by atoms with Crippen LogP contribution in [0.3, 0.4) is 0 Å². The number of hydrogen-bond acceptors (Lipinski definition) is 2. The highest BCUT2D eigenvalue weighted by atomic mass is 16.2. The lowest BCUT2D eigenvalue weighted by atomic mass is 9.94. The molecular formula is C14H19NO2. The zero-order valence-electron chi connectivity index (χ0n) is 10.8. The molecule has 0 aromatic heterocycles. The second-order valence-corrected chi connectivity index (χ2v) is 5.18. The monoisotopic (exact) mass is 233 g/mol. The van der Waals surface area contributed by atoms with Gasteiger partial charge in [-0.1, -0.05) is 51.1 Å². The number of hydrogen-bond donors (Lipinski definition) is 1. The van der Waals surface area contributed by atoms with Crippen LogP contribution in [0.4, 0.5) is 0 Å². The summed E-state index contributed by atoms with van der Waals surface area (Å²) in [5, 5.41) is 2.73. The SMILES string of the molecule is C[C@H](NC(=O)C(C)(C)C)C(=O)c1ccccc1. The molecule has 0 fully saturated rings. The predicted octanol–water partition coefficient (Wildman–Crippen LogP) is 2.42. The Morgan fingerprint density at radius 2 is 1.65 bits per heavy atom. The van der Waals surface area contributed by atoms with E-state index in [-0.39, 0.29) is 11.7 Å². The molecule has 0 radical (unpaired) electrons. The molecular weight excluding hydrogens is 214 g/mol. The first-order chi connectivity index (χ1) is 7.82. The van der Waals surface area contributed by atoms with Gasteiger partial charge in [0.2, 0.25) is 5.91 Å². The lowest BCUT2D eigenvalue weighted by Crippen LogP contribution is -2.44. The average molecular weight is 233 g/mol. The number of Topliss-reactive ketones (excluding diaryl/α,β-unsaturated/α-hetero) is 1. The maximum Gasteiger partial charge on any atom is 0.225 e. The Balaban J connectivity index is 2.69. The van der Waals surface area contributed by atoms with E-state index in [1.807, 2.05) is 39.0 Å². The van der Waals surface area contributed by atoms with Gasteiger partial charge < -0.3 is 5.32 Å². The van der Waals surface area contributed by atoms with Crippen molar-refractivity contribution in [1.29, 1.82) is 0 Å². The highest BCUT2D eigenvalue weighted by molar-refractivity contribution is 6.01. The minimum absolute atomic E-state index is 0.0665. The van der Waals surface area contributed by atoms with Gasteiger partial charge in [0.15, 0.2) is 5.78 Å². The molecule has 1 amide bonds. The molecule has 3 heteroatoms. The normalized spacial score (nSPS) is 12.9. The van der Waals surface area contributed by atoms with Gasteiger partial charge in [0.25, 0.3) is 0 Å². The van der Waals surface area contributed by atoms with Gasteiger partial charge in [-0.15, -0.1) is 0 Å². The van der Waals surface area contributed by atoms with E-state index in [9.17, 15) is 9.59 Å². The van der Waals surface area contributed by atoms with Crippen LogP contribution >= 0.6 is 0 Å². The van der Waals surface area contributed by atoms with Crippen LogP contribution in [0.25, 0.3) is 0 Å². The van der Waals surface area contributed by atoms with Gasteiger partial charge in [0, 0.05) is 11.0 Å². The topological polar surface area (TPSA) is 46.2 Å². The first kappa shape index (κ1) is 13.4. The van der Waals surface area contributed by atoms with Crippen LogP contribution in [0.2, 0.25) is 0 Å². The third kappa shape index (κ3) is 3.70. The van der Waals surface area contributed by atoms with Crippen molar-refractivity contribution in [2.75, 3.05) is 0 Å². The van der Waals surface area contributed by atoms with Crippen molar-refractivity contribution in [3.8, 4) is 0 Å². The molecule has 0 saturated carbocycles. The number of benzene rings is 1. The van der Waals surface area contributed by atoms with Gasteiger partial charge in [-0.3, -0.25) is 9.59 Å². The van der Waals surface area contributed by atoms with Crippen LogP contribution < -0.4 is 5.32 Å². The van der Waals surface area contributed by atoms with Gasteiger partial charge in [-0.05, 0) is 6.92 Å². The molecule has 1 atom stereocenters. The first-order valence-electron chi connectivity index (χ1n) is 5.72. The van der Waals surface area contributed by atoms with E-state index >= 15 is 0 Å². The average Bonchev–Trinajstić information content (AvgIpc) is 2.27. The second-order valence-electron chi connectivity index (χ2n) is 5.18. The minimum atomic E-state index is -0.496. The number of rotatable bonds is 3. The Labute approximate surface area is 102 Å². The van der Waals surface area contributed by atoms with Gasteiger partial charge in [0.1, 0.15) is 0 Å². The smallest absolute Gasteiger partial charge is 0.225 e. The fourth-order valence-corrected chi connectivity index (χ4v) is 1.33. The van der Waals surface area contributed by atoms with E-state index in [0.717, 1.165) is 0 Å². The summed E-state index contributed by atoms with van der Waals surface area (Å²) in [5.74, 6) is -0.183. The highest BCUT2D eigenvalue weighted by Gasteiger charge is 2.25. The Hall–Kier alpha value is -1.64. The molecule has 1 rings (SSSR count). The van der Waals surface area contributed by atoms with E-state index in [0.29, 0.717) is 5.56 Å². The molecule has 0 bridgehead atoms. The number of carbonyl (C=O) groups excluding carboxylic acids is 2. The standard InChI is InChI=1S/C14H19NO2/c1-10(15-13(17)14(2,3)4)12(16)11-8-6-5-7-9-11/h5-10H,1-4H3,(H,15,17)/t10-/m0/s1. The van der Waals surface area contributed by atoms with Crippen molar-refractivity contribution >= 4 is 11.7 Å². The predicted molar refractivity (Wildman–Crippen MR) is 67.8 cm³/mol. The second kappa shape index (κ2) is 5.13. The highest BCUT2D eigenvalue weighted by Crippen LogP contribution is 2.13. The van der Waals surface area contributed by atoms with Gasteiger partial charge in [-0.25, -0.2) is 0 Å². The van der Waals surface area contributed by atoms with Crippen LogP contribution in [0.5, 0.6) is 0 Å². The van der Waals surface area contributed by atoms with Crippen LogP contribution in [0, 0.1) is 5.41 Å². The first-order valence-corrected chi connectivity index (χ1v) is 5.72. The number of amides is 1. The molecule has 3 nitrogen and oxygen atoms in total. The van der Waals surface area contributed by atoms with Crippen LogP contribution in [0.1, 0.15) is 38.1 Å².